The summed E-state index contributed by atoms with van der Waals surface area (Å²) in [5, 5.41) is 4.96. The maximum Gasteiger partial charge on any atom is 0.312 e. The molecule has 2 aromatic rings. The number of carbonyl (C=O) groups is 2. The fourth-order valence-electron chi connectivity index (χ4n) is 1.69. The monoisotopic (exact) mass is 261 g/mol. The van der Waals surface area contributed by atoms with Crippen molar-refractivity contribution >= 4 is 23.0 Å². The summed E-state index contributed by atoms with van der Waals surface area (Å²) in [6.07, 6.45) is 0. The number of rotatable bonds is 4. The van der Waals surface area contributed by atoms with Crippen molar-refractivity contribution in [1.82, 2.24) is 20.6 Å². The van der Waals surface area contributed by atoms with Gasteiger partial charge in [0.1, 0.15) is 11.9 Å². The Morgan fingerprint density at radius 1 is 1.42 bits per heavy atom. The SMILES string of the molecule is CC(NC(N)=O)C(=O)NCc1nc2ccccc2[nH]1. The minimum absolute atomic E-state index is 0.262. The summed E-state index contributed by atoms with van der Waals surface area (Å²) < 4.78 is 0. The van der Waals surface area contributed by atoms with Gasteiger partial charge in [-0.25, -0.2) is 9.78 Å². The molecule has 1 aromatic heterocycles. The van der Waals surface area contributed by atoms with Crippen molar-refractivity contribution in [2.45, 2.75) is 19.5 Å². The molecule has 0 spiro atoms. The number of nitrogens with zero attached hydrogens (tertiary/aromatic N) is 1. The number of fused-ring (bicyclic) bond motifs is 1. The summed E-state index contributed by atoms with van der Waals surface area (Å²) in [6, 6.07) is 6.18. The molecule has 1 heterocycles. The number of carbonyl (C=O) groups excluding carboxylic acids is 2. The Balaban J connectivity index is 1.94. The van der Waals surface area contributed by atoms with E-state index in [1.807, 2.05) is 24.3 Å². The number of imidazole rings is 1. The molecule has 0 aliphatic heterocycles. The van der Waals surface area contributed by atoms with E-state index in [2.05, 4.69) is 20.6 Å². The Bertz CT molecular complexity index is 574. The van der Waals surface area contributed by atoms with Crippen LogP contribution in [0.15, 0.2) is 24.3 Å². The molecule has 0 bridgehead atoms. The normalized spacial score (nSPS) is 12.1. The lowest BCUT2D eigenvalue weighted by molar-refractivity contribution is -0.122. The standard InChI is InChI=1S/C12H15N5O2/c1-7(15-12(13)19)11(18)14-6-10-16-8-4-2-3-5-9(8)17-10/h2-5,7H,6H2,1H3,(H,14,18)(H,16,17)(H3,13,15,19). The van der Waals surface area contributed by atoms with Crippen LogP contribution in [0.5, 0.6) is 0 Å². The number of aromatic nitrogens is 2. The van der Waals surface area contributed by atoms with Gasteiger partial charge in [-0.15, -0.1) is 0 Å². The summed E-state index contributed by atoms with van der Waals surface area (Å²) in [6.45, 7) is 1.82. The van der Waals surface area contributed by atoms with Gasteiger partial charge in [0, 0.05) is 0 Å². The van der Waals surface area contributed by atoms with Crippen molar-refractivity contribution in [2.24, 2.45) is 5.73 Å². The van der Waals surface area contributed by atoms with Gasteiger partial charge in [0.2, 0.25) is 5.91 Å². The highest BCUT2D eigenvalue weighted by Crippen LogP contribution is 2.09. The third-order valence-electron chi connectivity index (χ3n) is 2.62. The number of urea groups is 1. The first-order chi connectivity index (χ1) is 9.06. The van der Waals surface area contributed by atoms with Crippen molar-refractivity contribution in [3.63, 3.8) is 0 Å². The zero-order valence-electron chi connectivity index (χ0n) is 10.4. The van der Waals surface area contributed by atoms with E-state index in [0.29, 0.717) is 5.82 Å². The molecule has 2 rings (SSSR count). The van der Waals surface area contributed by atoms with E-state index >= 15 is 0 Å². The molecule has 1 atom stereocenters. The fourth-order valence-corrected chi connectivity index (χ4v) is 1.69. The first-order valence-electron chi connectivity index (χ1n) is 5.83. The molecule has 0 aliphatic rings. The van der Waals surface area contributed by atoms with Crippen LogP contribution in [0.3, 0.4) is 0 Å². The molecule has 0 aliphatic carbocycles. The molecule has 0 saturated carbocycles. The molecule has 19 heavy (non-hydrogen) atoms. The van der Waals surface area contributed by atoms with Gasteiger partial charge in [-0.05, 0) is 19.1 Å². The molecule has 7 nitrogen and oxygen atoms in total. The number of benzene rings is 1. The van der Waals surface area contributed by atoms with Gasteiger partial charge in [-0.1, -0.05) is 12.1 Å². The number of para-hydroxylation sites is 2. The molecule has 0 fully saturated rings. The summed E-state index contributed by atoms with van der Waals surface area (Å²) in [5.41, 5.74) is 6.70. The lowest BCUT2D eigenvalue weighted by Gasteiger charge is -2.11. The van der Waals surface area contributed by atoms with E-state index in [0.717, 1.165) is 11.0 Å². The van der Waals surface area contributed by atoms with Crippen LogP contribution >= 0.6 is 0 Å². The van der Waals surface area contributed by atoms with E-state index < -0.39 is 12.1 Å². The molecule has 1 aromatic carbocycles. The fraction of sp³-hybridized carbons (Fsp3) is 0.250. The lowest BCUT2D eigenvalue weighted by atomic mass is 10.3. The minimum Gasteiger partial charge on any atom is -0.352 e. The zero-order chi connectivity index (χ0) is 13.8. The van der Waals surface area contributed by atoms with Crippen molar-refractivity contribution in [1.29, 1.82) is 0 Å². The topological polar surface area (TPSA) is 113 Å². The Morgan fingerprint density at radius 2 is 2.16 bits per heavy atom. The third-order valence-corrected chi connectivity index (χ3v) is 2.62. The second kappa shape index (κ2) is 5.38. The average molecular weight is 261 g/mol. The minimum atomic E-state index is -0.730. The molecule has 3 amide bonds. The molecule has 100 valence electrons. The highest BCUT2D eigenvalue weighted by Gasteiger charge is 2.14. The molecular weight excluding hydrogens is 246 g/mol. The highest BCUT2D eigenvalue weighted by molar-refractivity contribution is 5.86. The Morgan fingerprint density at radius 3 is 2.84 bits per heavy atom. The first-order valence-corrected chi connectivity index (χ1v) is 5.83. The van der Waals surface area contributed by atoms with E-state index in [-0.39, 0.29) is 12.5 Å². The van der Waals surface area contributed by atoms with Crippen LogP contribution in [0.2, 0.25) is 0 Å². The summed E-state index contributed by atoms with van der Waals surface area (Å²) in [4.78, 5) is 29.7. The van der Waals surface area contributed by atoms with Crippen LogP contribution in [0.25, 0.3) is 11.0 Å². The van der Waals surface area contributed by atoms with Crippen molar-refractivity contribution in [3.8, 4) is 0 Å². The number of aromatic amines is 1. The largest absolute Gasteiger partial charge is 0.352 e. The number of nitrogens with two attached hydrogens (primary N) is 1. The Labute approximate surface area is 109 Å². The predicted molar refractivity (Wildman–Crippen MR) is 70.1 cm³/mol. The van der Waals surface area contributed by atoms with Gasteiger partial charge in [0.25, 0.3) is 0 Å². The second-order valence-corrected chi connectivity index (χ2v) is 4.15. The van der Waals surface area contributed by atoms with Gasteiger partial charge in [-0.2, -0.15) is 0 Å². The van der Waals surface area contributed by atoms with Crippen LogP contribution in [-0.4, -0.2) is 27.9 Å². The molecule has 7 heteroatoms. The number of H-pyrrole nitrogens is 1. The van der Waals surface area contributed by atoms with Crippen LogP contribution in [0.4, 0.5) is 4.79 Å². The third kappa shape index (κ3) is 3.21. The van der Waals surface area contributed by atoms with E-state index in [4.69, 9.17) is 5.73 Å². The van der Waals surface area contributed by atoms with E-state index in [1.54, 1.807) is 6.92 Å². The number of hydrogen-bond acceptors (Lipinski definition) is 3. The van der Waals surface area contributed by atoms with Gasteiger partial charge in [-0.3, -0.25) is 4.79 Å². The average Bonchev–Trinajstić information content (AvgIpc) is 2.77. The molecule has 0 saturated heterocycles. The van der Waals surface area contributed by atoms with Gasteiger partial charge >= 0.3 is 6.03 Å². The lowest BCUT2D eigenvalue weighted by Crippen LogP contribution is -2.46. The highest BCUT2D eigenvalue weighted by atomic mass is 16.2. The predicted octanol–water partition coefficient (Wildman–Crippen LogP) is 0.236. The van der Waals surface area contributed by atoms with Crippen molar-refractivity contribution in [3.05, 3.63) is 30.1 Å². The first kappa shape index (κ1) is 12.9. The molecular formula is C12H15N5O2. The van der Waals surface area contributed by atoms with Crippen LogP contribution in [0, 0.1) is 0 Å². The maximum absolute atomic E-state index is 11.6. The maximum atomic E-state index is 11.6. The molecule has 5 N–H and O–H groups in total. The summed E-state index contributed by atoms with van der Waals surface area (Å²) in [7, 11) is 0. The zero-order valence-corrected chi connectivity index (χ0v) is 10.4. The Kier molecular flexibility index (Phi) is 3.65. The van der Waals surface area contributed by atoms with Crippen LogP contribution in [-0.2, 0) is 11.3 Å². The Hall–Kier alpha value is -2.57. The second-order valence-electron chi connectivity index (χ2n) is 4.15. The van der Waals surface area contributed by atoms with Crippen molar-refractivity contribution < 1.29 is 9.59 Å². The summed E-state index contributed by atoms with van der Waals surface area (Å²) >= 11 is 0. The van der Waals surface area contributed by atoms with Crippen LogP contribution < -0.4 is 16.4 Å². The van der Waals surface area contributed by atoms with Crippen molar-refractivity contribution in [2.75, 3.05) is 0 Å². The number of amides is 3. The van der Waals surface area contributed by atoms with E-state index in [1.165, 1.54) is 0 Å². The number of primary amides is 1. The number of hydrogen-bond donors (Lipinski definition) is 4. The smallest absolute Gasteiger partial charge is 0.312 e. The van der Waals surface area contributed by atoms with Gasteiger partial charge in [0.15, 0.2) is 0 Å². The van der Waals surface area contributed by atoms with E-state index in [9.17, 15) is 9.59 Å². The van der Waals surface area contributed by atoms with Gasteiger partial charge in [0.05, 0.1) is 17.6 Å². The quantitative estimate of drug-likeness (QED) is 0.632. The van der Waals surface area contributed by atoms with Gasteiger partial charge < -0.3 is 21.4 Å². The summed E-state index contributed by atoms with van der Waals surface area (Å²) in [5.74, 6) is 0.333. The number of nitrogens with one attached hydrogen (secondary N) is 3. The molecule has 1 unspecified atom stereocenters. The molecule has 0 radical (unpaired) electrons. The van der Waals surface area contributed by atoms with Crippen LogP contribution in [0.1, 0.15) is 12.7 Å².